The minimum Gasteiger partial charge on any atom is -0.265 e. The van der Waals surface area contributed by atoms with E-state index in [4.69, 9.17) is 0 Å². The van der Waals surface area contributed by atoms with E-state index >= 15 is 0 Å². The van der Waals surface area contributed by atoms with Crippen molar-refractivity contribution in [2.24, 2.45) is 10.2 Å². The van der Waals surface area contributed by atoms with Gasteiger partial charge in [-0.3, -0.25) is 9.97 Å². The highest BCUT2D eigenvalue weighted by Gasteiger charge is 2.20. The van der Waals surface area contributed by atoms with Gasteiger partial charge in [0, 0.05) is 24.8 Å². The van der Waals surface area contributed by atoms with E-state index < -0.39 is 0 Å². The molecule has 2 aromatic heterocycles. The summed E-state index contributed by atoms with van der Waals surface area (Å²) in [5.74, 6) is 0. The number of rotatable bonds is 2. The lowest BCUT2D eigenvalue weighted by molar-refractivity contribution is 0.963. The molecule has 4 heteroatoms. The van der Waals surface area contributed by atoms with E-state index in [1.54, 1.807) is 24.8 Å². The Balaban J connectivity index is 2.05. The molecule has 0 fully saturated rings. The Hall–Kier alpha value is -2.62. The lowest BCUT2D eigenvalue weighted by atomic mass is 9.99. The first-order valence-electron chi connectivity index (χ1n) is 6.42. The van der Waals surface area contributed by atoms with Crippen LogP contribution in [0.4, 0.5) is 0 Å². The maximum Gasteiger partial charge on any atom is 0.117 e. The Morgan fingerprint density at radius 1 is 0.650 bits per heavy atom. The second-order valence-corrected chi connectivity index (χ2v) is 4.62. The minimum atomic E-state index is 0.950. The Bertz CT molecular complexity index is 649. The van der Waals surface area contributed by atoms with Gasteiger partial charge in [0.15, 0.2) is 0 Å². The first-order chi connectivity index (χ1) is 9.77. The minimum absolute atomic E-state index is 0.950. The fraction of sp³-hybridized carbons (Fsp3) is 0.125. The van der Waals surface area contributed by atoms with Crippen molar-refractivity contribution in [1.29, 1.82) is 0 Å². The first kappa shape index (κ1) is 12.4. The summed E-state index contributed by atoms with van der Waals surface area (Å²) in [7, 11) is 0. The van der Waals surface area contributed by atoms with Gasteiger partial charge in [-0.05, 0) is 60.4 Å². The van der Waals surface area contributed by atoms with Gasteiger partial charge >= 0.3 is 0 Å². The van der Waals surface area contributed by atoms with Crippen molar-refractivity contribution in [1.82, 2.24) is 9.97 Å². The van der Waals surface area contributed by atoms with Crippen molar-refractivity contribution in [2.75, 3.05) is 0 Å². The topological polar surface area (TPSA) is 50.5 Å². The van der Waals surface area contributed by atoms with Crippen LogP contribution in [-0.2, 0) is 0 Å². The third-order valence-corrected chi connectivity index (χ3v) is 3.41. The van der Waals surface area contributed by atoms with Gasteiger partial charge in [0.05, 0.1) is 0 Å². The molecular weight excluding hydrogens is 248 g/mol. The predicted octanol–water partition coefficient (Wildman–Crippen LogP) is 4.10. The number of hydrogen-bond donors (Lipinski definition) is 0. The largest absolute Gasteiger partial charge is 0.265 e. The highest BCUT2D eigenvalue weighted by molar-refractivity contribution is 5.79. The summed E-state index contributed by atoms with van der Waals surface area (Å²) in [5, 5.41) is 8.37. The Morgan fingerprint density at radius 3 is 1.30 bits per heavy atom. The highest BCUT2D eigenvalue weighted by Crippen LogP contribution is 2.37. The third kappa shape index (κ3) is 2.16. The molecule has 20 heavy (non-hydrogen) atoms. The summed E-state index contributed by atoms with van der Waals surface area (Å²) in [6, 6.07) is 7.93. The van der Waals surface area contributed by atoms with Crippen molar-refractivity contribution in [3.05, 3.63) is 71.6 Å². The molecule has 0 radical (unpaired) electrons. The SMILES string of the molecule is C/C(=C1N=NC/1=C(/C)c1ccncc1)c1ccncc1. The van der Waals surface area contributed by atoms with Crippen molar-refractivity contribution in [3.63, 3.8) is 0 Å². The van der Waals surface area contributed by atoms with Crippen LogP contribution in [0.1, 0.15) is 25.0 Å². The number of hydrogen-bond acceptors (Lipinski definition) is 4. The van der Waals surface area contributed by atoms with Crippen LogP contribution in [0.2, 0.25) is 0 Å². The van der Waals surface area contributed by atoms with Crippen molar-refractivity contribution >= 4 is 11.1 Å². The average molecular weight is 262 g/mol. The summed E-state index contributed by atoms with van der Waals surface area (Å²) in [4.78, 5) is 8.07. The fourth-order valence-corrected chi connectivity index (χ4v) is 2.13. The van der Waals surface area contributed by atoms with Gasteiger partial charge in [0.25, 0.3) is 0 Å². The summed E-state index contributed by atoms with van der Waals surface area (Å²) in [6.45, 7) is 4.12. The predicted molar refractivity (Wildman–Crippen MR) is 78.5 cm³/mol. The lowest BCUT2D eigenvalue weighted by Gasteiger charge is -2.17. The molecule has 0 aromatic carbocycles. The molecule has 0 spiro atoms. The highest BCUT2D eigenvalue weighted by atomic mass is 15.2. The zero-order chi connectivity index (χ0) is 13.9. The van der Waals surface area contributed by atoms with E-state index in [1.807, 2.05) is 24.3 Å². The summed E-state index contributed by atoms with van der Waals surface area (Å²) in [6.07, 6.45) is 7.14. The number of pyridine rings is 2. The summed E-state index contributed by atoms with van der Waals surface area (Å²) < 4.78 is 0. The van der Waals surface area contributed by atoms with Gasteiger partial charge in [-0.1, -0.05) is 0 Å². The Kier molecular flexibility index (Phi) is 3.21. The van der Waals surface area contributed by atoms with Crippen LogP contribution in [0, 0.1) is 0 Å². The molecule has 0 saturated heterocycles. The summed E-state index contributed by atoms with van der Waals surface area (Å²) in [5.41, 5.74) is 6.37. The fourth-order valence-electron chi connectivity index (χ4n) is 2.13. The monoisotopic (exact) mass is 262 g/mol. The van der Waals surface area contributed by atoms with Crippen molar-refractivity contribution < 1.29 is 0 Å². The molecule has 0 N–H and O–H groups in total. The van der Waals surface area contributed by atoms with Gasteiger partial charge < -0.3 is 0 Å². The van der Waals surface area contributed by atoms with Crippen LogP contribution in [0.3, 0.4) is 0 Å². The zero-order valence-electron chi connectivity index (χ0n) is 11.4. The molecule has 0 bridgehead atoms. The van der Waals surface area contributed by atoms with E-state index in [0.717, 1.165) is 33.7 Å². The van der Waals surface area contributed by atoms with E-state index in [2.05, 4.69) is 34.0 Å². The quantitative estimate of drug-likeness (QED) is 0.818. The van der Waals surface area contributed by atoms with Crippen molar-refractivity contribution in [3.8, 4) is 0 Å². The van der Waals surface area contributed by atoms with Gasteiger partial charge in [0.1, 0.15) is 11.4 Å². The molecular formula is C16H14N4. The van der Waals surface area contributed by atoms with Gasteiger partial charge in [-0.15, -0.1) is 10.2 Å². The number of aromatic nitrogens is 2. The molecule has 98 valence electrons. The molecule has 0 unspecified atom stereocenters. The smallest absolute Gasteiger partial charge is 0.117 e. The van der Waals surface area contributed by atoms with Crippen molar-refractivity contribution in [2.45, 2.75) is 13.8 Å². The molecule has 4 nitrogen and oxygen atoms in total. The van der Waals surface area contributed by atoms with E-state index in [-0.39, 0.29) is 0 Å². The average Bonchev–Trinajstić information content (AvgIpc) is 2.48. The van der Waals surface area contributed by atoms with Gasteiger partial charge in [0.2, 0.25) is 0 Å². The molecule has 0 aliphatic carbocycles. The number of nitrogens with zero attached hydrogens (tertiary/aromatic N) is 4. The Morgan fingerprint density at radius 2 is 1.00 bits per heavy atom. The number of azo groups is 1. The normalized spacial score (nSPS) is 18.5. The van der Waals surface area contributed by atoms with Crippen LogP contribution < -0.4 is 0 Å². The third-order valence-electron chi connectivity index (χ3n) is 3.41. The van der Waals surface area contributed by atoms with Crippen LogP contribution in [-0.4, -0.2) is 9.97 Å². The van der Waals surface area contributed by atoms with Gasteiger partial charge in [-0.25, -0.2) is 0 Å². The first-order valence-corrected chi connectivity index (χ1v) is 6.42. The molecule has 3 heterocycles. The molecule has 0 amide bonds. The van der Waals surface area contributed by atoms with Gasteiger partial charge in [-0.2, -0.15) is 0 Å². The molecule has 1 aliphatic heterocycles. The number of allylic oxidation sites excluding steroid dienone is 2. The maximum atomic E-state index is 4.18. The molecule has 1 aliphatic rings. The molecule has 0 atom stereocenters. The molecule has 0 saturated carbocycles. The van der Waals surface area contributed by atoms with Crippen LogP contribution in [0.25, 0.3) is 11.1 Å². The van der Waals surface area contributed by atoms with Crippen LogP contribution in [0.15, 0.2) is 70.7 Å². The van der Waals surface area contributed by atoms with Crippen LogP contribution >= 0.6 is 0 Å². The van der Waals surface area contributed by atoms with E-state index in [1.165, 1.54) is 0 Å². The van der Waals surface area contributed by atoms with Crippen LogP contribution in [0.5, 0.6) is 0 Å². The van der Waals surface area contributed by atoms with E-state index in [9.17, 15) is 0 Å². The second kappa shape index (κ2) is 5.17. The maximum absolute atomic E-state index is 4.18. The Labute approximate surface area is 117 Å². The molecule has 3 rings (SSSR count). The lowest BCUT2D eigenvalue weighted by Crippen LogP contribution is -2.00. The standard InChI is InChI=1S/C16H14N4/c1-11(13-3-7-17-8-4-13)15-16(20-19-15)12(2)14-5-9-18-10-6-14/h3-10H,1-2H3/b15-11-,16-12-. The zero-order valence-corrected chi connectivity index (χ0v) is 11.4. The van der Waals surface area contributed by atoms with E-state index in [0.29, 0.717) is 0 Å². The summed E-state index contributed by atoms with van der Waals surface area (Å²) >= 11 is 0. The molecule has 2 aromatic rings. The second-order valence-electron chi connectivity index (χ2n) is 4.62.